The molecule has 0 spiro atoms. The molecule has 0 heterocycles. The standard InChI is InChI=1S/C8H16O2/c1-4-7-10-8(5-2)9-6-3/h4,7-8H,5-6H2,1-3H3. The van der Waals surface area contributed by atoms with Crippen molar-refractivity contribution in [2.45, 2.75) is 33.5 Å². The SMILES string of the molecule is CC=COC(CC)OCC. The number of hydrogen-bond donors (Lipinski definition) is 0. The van der Waals surface area contributed by atoms with Crippen LogP contribution < -0.4 is 0 Å². The monoisotopic (exact) mass is 144 g/mol. The molecule has 0 saturated carbocycles. The zero-order chi connectivity index (χ0) is 7.82. The van der Waals surface area contributed by atoms with Crippen LogP contribution in [0.2, 0.25) is 0 Å². The second kappa shape index (κ2) is 6.62. The van der Waals surface area contributed by atoms with E-state index in [0.717, 1.165) is 6.42 Å². The molecule has 0 bridgehead atoms. The molecule has 0 aromatic rings. The molecule has 2 nitrogen and oxygen atoms in total. The second-order valence-corrected chi connectivity index (χ2v) is 1.90. The summed E-state index contributed by atoms with van der Waals surface area (Å²) in [6, 6.07) is 0. The highest BCUT2D eigenvalue weighted by Gasteiger charge is 2.01. The van der Waals surface area contributed by atoms with E-state index in [2.05, 4.69) is 0 Å². The molecular formula is C8H16O2. The van der Waals surface area contributed by atoms with Crippen LogP contribution in [-0.2, 0) is 9.47 Å². The zero-order valence-electron chi connectivity index (χ0n) is 6.96. The largest absolute Gasteiger partial charge is 0.473 e. The minimum Gasteiger partial charge on any atom is -0.473 e. The van der Waals surface area contributed by atoms with Gasteiger partial charge < -0.3 is 9.47 Å². The summed E-state index contributed by atoms with van der Waals surface area (Å²) in [7, 11) is 0. The minimum atomic E-state index is -0.0683. The first-order valence-corrected chi connectivity index (χ1v) is 3.73. The highest BCUT2D eigenvalue weighted by molar-refractivity contribution is 4.65. The second-order valence-electron chi connectivity index (χ2n) is 1.90. The molecule has 0 N–H and O–H groups in total. The first kappa shape index (κ1) is 9.50. The summed E-state index contributed by atoms with van der Waals surface area (Å²) in [5, 5.41) is 0. The summed E-state index contributed by atoms with van der Waals surface area (Å²) in [4.78, 5) is 0. The lowest BCUT2D eigenvalue weighted by molar-refractivity contribution is -0.103. The van der Waals surface area contributed by atoms with Gasteiger partial charge in [-0.2, -0.15) is 0 Å². The van der Waals surface area contributed by atoms with Crippen molar-refractivity contribution >= 4 is 0 Å². The minimum absolute atomic E-state index is 0.0683. The predicted molar refractivity (Wildman–Crippen MR) is 41.6 cm³/mol. The molecule has 0 aliphatic heterocycles. The van der Waals surface area contributed by atoms with Gasteiger partial charge in [0.05, 0.1) is 6.26 Å². The Morgan fingerprint density at radius 1 is 1.40 bits per heavy atom. The molecule has 0 aromatic carbocycles. The Morgan fingerprint density at radius 3 is 2.50 bits per heavy atom. The van der Waals surface area contributed by atoms with Crippen molar-refractivity contribution in [3.63, 3.8) is 0 Å². The maximum atomic E-state index is 5.22. The number of ether oxygens (including phenoxy) is 2. The highest BCUT2D eigenvalue weighted by atomic mass is 16.7. The summed E-state index contributed by atoms with van der Waals surface area (Å²) >= 11 is 0. The molecular weight excluding hydrogens is 128 g/mol. The van der Waals surface area contributed by atoms with E-state index in [9.17, 15) is 0 Å². The quantitative estimate of drug-likeness (QED) is 0.435. The molecule has 0 amide bonds. The van der Waals surface area contributed by atoms with Crippen LogP contribution >= 0.6 is 0 Å². The number of hydrogen-bond acceptors (Lipinski definition) is 2. The fourth-order valence-electron chi connectivity index (χ4n) is 0.605. The van der Waals surface area contributed by atoms with Crippen LogP contribution in [-0.4, -0.2) is 12.9 Å². The third-order valence-corrected chi connectivity index (χ3v) is 1.05. The van der Waals surface area contributed by atoms with Gasteiger partial charge in [-0.25, -0.2) is 0 Å². The zero-order valence-corrected chi connectivity index (χ0v) is 6.96. The summed E-state index contributed by atoms with van der Waals surface area (Å²) < 4.78 is 10.4. The van der Waals surface area contributed by atoms with E-state index in [1.807, 2.05) is 26.8 Å². The molecule has 1 unspecified atom stereocenters. The summed E-state index contributed by atoms with van der Waals surface area (Å²) in [6.07, 6.45) is 4.32. The Bertz CT molecular complexity index is 89.3. The smallest absolute Gasteiger partial charge is 0.198 e. The summed E-state index contributed by atoms with van der Waals surface area (Å²) in [5.41, 5.74) is 0. The van der Waals surface area contributed by atoms with Crippen LogP contribution in [0.25, 0.3) is 0 Å². The van der Waals surface area contributed by atoms with Gasteiger partial charge >= 0.3 is 0 Å². The van der Waals surface area contributed by atoms with Crippen molar-refractivity contribution in [1.82, 2.24) is 0 Å². The Morgan fingerprint density at radius 2 is 2.10 bits per heavy atom. The van der Waals surface area contributed by atoms with Crippen molar-refractivity contribution in [2.24, 2.45) is 0 Å². The molecule has 0 aromatic heterocycles. The first-order valence-electron chi connectivity index (χ1n) is 3.73. The normalized spacial score (nSPS) is 13.9. The van der Waals surface area contributed by atoms with Crippen molar-refractivity contribution in [2.75, 3.05) is 6.61 Å². The van der Waals surface area contributed by atoms with Crippen molar-refractivity contribution in [3.05, 3.63) is 12.3 Å². The van der Waals surface area contributed by atoms with Crippen LogP contribution in [0.5, 0.6) is 0 Å². The Hall–Kier alpha value is -0.500. The van der Waals surface area contributed by atoms with E-state index >= 15 is 0 Å². The van der Waals surface area contributed by atoms with E-state index < -0.39 is 0 Å². The van der Waals surface area contributed by atoms with E-state index in [0.29, 0.717) is 6.61 Å². The highest BCUT2D eigenvalue weighted by Crippen LogP contribution is 1.99. The van der Waals surface area contributed by atoms with E-state index in [1.54, 1.807) is 6.26 Å². The lowest BCUT2D eigenvalue weighted by Gasteiger charge is -2.13. The van der Waals surface area contributed by atoms with Gasteiger partial charge in [0, 0.05) is 13.0 Å². The third kappa shape index (κ3) is 4.39. The van der Waals surface area contributed by atoms with Gasteiger partial charge in [0.25, 0.3) is 0 Å². The Kier molecular flexibility index (Phi) is 6.29. The Balaban J connectivity index is 3.39. The molecule has 1 atom stereocenters. The molecule has 2 heteroatoms. The van der Waals surface area contributed by atoms with Crippen LogP contribution in [0, 0.1) is 0 Å². The van der Waals surface area contributed by atoms with Gasteiger partial charge in [0.1, 0.15) is 0 Å². The lowest BCUT2D eigenvalue weighted by Crippen LogP contribution is -2.12. The molecule has 0 aliphatic rings. The number of allylic oxidation sites excluding steroid dienone is 1. The van der Waals surface area contributed by atoms with Crippen LogP contribution in [0.4, 0.5) is 0 Å². The molecule has 0 saturated heterocycles. The van der Waals surface area contributed by atoms with Gasteiger partial charge in [-0.05, 0) is 13.8 Å². The fourth-order valence-corrected chi connectivity index (χ4v) is 0.605. The van der Waals surface area contributed by atoms with Crippen molar-refractivity contribution in [1.29, 1.82) is 0 Å². The summed E-state index contributed by atoms with van der Waals surface area (Å²) in [5.74, 6) is 0. The van der Waals surface area contributed by atoms with Gasteiger partial charge in [-0.3, -0.25) is 0 Å². The summed E-state index contributed by atoms with van der Waals surface area (Å²) in [6.45, 7) is 6.61. The molecule has 60 valence electrons. The molecule has 0 fully saturated rings. The van der Waals surface area contributed by atoms with E-state index in [-0.39, 0.29) is 6.29 Å². The van der Waals surface area contributed by atoms with E-state index in [1.165, 1.54) is 0 Å². The average molecular weight is 144 g/mol. The van der Waals surface area contributed by atoms with Gasteiger partial charge in [-0.15, -0.1) is 0 Å². The molecule has 0 aliphatic carbocycles. The van der Waals surface area contributed by atoms with E-state index in [4.69, 9.17) is 9.47 Å². The van der Waals surface area contributed by atoms with Crippen LogP contribution in [0.15, 0.2) is 12.3 Å². The first-order chi connectivity index (χ1) is 4.85. The molecule has 10 heavy (non-hydrogen) atoms. The average Bonchev–Trinajstić information content (AvgIpc) is 1.98. The lowest BCUT2D eigenvalue weighted by atomic mass is 10.5. The fraction of sp³-hybridized carbons (Fsp3) is 0.750. The Labute approximate surface area is 62.8 Å². The maximum absolute atomic E-state index is 5.22. The van der Waals surface area contributed by atoms with Crippen molar-refractivity contribution in [3.8, 4) is 0 Å². The van der Waals surface area contributed by atoms with Crippen LogP contribution in [0.3, 0.4) is 0 Å². The molecule has 0 radical (unpaired) electrons. The predicted octanol–water partition coefficient (Wildman–Crippen LogP) is 2.31. The van der Waals surface area contributed by atoms with Crippen LogP contribution in [0.1, 0.15) is 27.2 Å². The maximum Gasteiger partial charge on any atom is 0.198 e. The third-order valence-electron chi connectivity index (χ3n) is 1.05. The molecule has 0 rings (SSSR count). The van der Waals surface area contributed by atoms with Crippen molar-refractivity contribution < 1.29 is 9.47 Å². The van der Waals surface area contributed by atoms with Gasteiger partial charge in [0.2, 0.25) is 0 Å². The number of rotatable bonds is 5. The topological polar surface area (TPSA) is 18.5 Å². The van der Waals surface area contributed by atoms with Gasteiger partial charge in [0.15, 0.2) is 6.29 Å². The van der Waals surface area contributed by atoms with Gasteiger partial charge in [-0.1, -0.05) is 13.0 Å².